The van der Waals surface area contributed by atoms with Gasteiger partial charge in [0, 0.05) is 12.1 Å². The van der Waals surface area contributed by atoms with Crippen LogP contribution in [-0.2, 0) is 0 Å². The van der Waals surface area contributed by atoms with E-state index in [2.05, 4.69) is 33.0 Å². The maximum absolute atomic E-state index is 3.76. The van der Waals surface area contributed by atoms with Gasteiger partial charge in [0.15, 0.2) is 0 Å². The number of unbranched alkanes of at least 4 members (excludes halogenated alkanes) is 2. The van der Waals surface area contributed by atoms with Crippen LogP contribution in [0.25, 0.3) is 0 Å². The molecule has 0 unspecified atom stereocenters. The molecule has 1 aliphatic carbocycles. The number of rotatable bonds is 6. The third-order valence-electron chi connectivity index (χ3n) is 4.22. The number of hydrogen-bond acceptors (Lipinski definition) is 1. The Morgan fingerprint density at radius 3 is 2.18 bits per heavy atom. The maximum atomic E-state index is 3.76. The van der Waals surface area contributed by atoms with E-state index in [-0.39, 0.29) is 5.54 Å². The largest absolute Gasteiger partial charge is 0.312 e. The summed E-state index contributed by atoms with van der Waals surface area (Å²) in [6.45, 7) is 10.4. The minimum absolute atomic E-state index is 0.273. The Hall–Kier alpha value is -0.0400. The van der Waals surface area contributed by atoms with Gasteiger partial charge in [-0.15, -0.1) is 0 Å². The van der Waals surface area contributed by atoms with Gasteiger partial charge in [0.2, 0.25) is 0 Å². The van der Waals surface area contributed by atoms with Crippen LogP contribution in [0.2, 0.25) is 0 Å². The molecular weight excluding hydrogens is 206 g/mol. The van der Waals surface area contributed by atoms with Crippen molar-refractivity contribution in [2.45, 2.75) is 91.0 Å². The molecule has 1 nitrogen and oxygen atoms in total. The zero-order chi connectivity index (χ0) is 12.8. The van der Waals surface area contributed by atoms with E-state index in [1.807, 2.05) is 0 Å². The third kappa shape index (κ3) is 5.90. The predicted molar refractivity (Wildman–Crippen MR) is 77.4 cm³/mol. The molecule has 1 aliphatic rings. The molecule has 0 spiro atoms. The van der Waals surface area contributed by atoms with E-state index < -0.39 is 0 Å². The summed E-state index contributed by atoms with van der Waals surface area (Å²) >= 11 is 0. The van der Waals surface area contributed by atoms with Gasteiger partial charge < -0.3 is 5.32 Å². The summed E-state index contributed by atoms with van der Waals surface area (Å²) in [5.41, 5.74) is 0.899. The second-order valence-electron chi connectivity index (χ2n) is 7.12. The van der Waals surface area contributed by atoms with Crippen molar-refractivity contribution >= 4 is 0 Å². The van der Waals surface area contributed by atoms with Crippen LogP contribution in [0, 0.1) is 5.41 Å². The van der Waals surface area contributed by atoms with Crippen molar-refractivity contribution in [2.24, 2.45) is 5.41 Å². The van der Waals surface area contributed by atoms with Gasteiger partial charge >= 0.3 is 0 Å². The Kier molecular flexibility index (Phi) is 5.99. The smallest absolute Gasteiger partial charge is 0.00967 e. The monoisotopic (exact) mass is 239 g/mol. The van der Waals surface area contributed by atoms with Crippen molar-refractivity contribution in [1.82, 2.24) is 5.32 Å². The molecule has 1 heteroatoms. The van der Waals surface area contributed by atoms with Gasteiger partial charge in [-0.1, -0.05) is 45.4 Å². The first-order chi connectivity index (χ1) is 7.97. The summed E-state index contributed by atoms with van der Waals surface area (Å²) in [6, 6.07) is 0. The molecule has 102 valence electrons. The lowest BCUT2D eigenvalue weighted by Crippen LogP contribution is -2.44. The van der Waals surface area contributed by atoms with Crippen molar-refractivity contribution in [1.29, 1.82) is 0 Å². The Bertz CT molecular complexity index is 196. The van der Waals surface area contributed by atoms with Crippen molar-refractivity contribution in [3.05, 3.63) is 0 Å². The average Bonchev–Trinajstić information content (AvgIpc) is 2.28. The third-order valence-corrected chi connectivity index (χ3v) is 4.22. The van der Waals surface area contributed by atoms with E-state index in [0.717, 1.165) is 0 Å². The van der Waals surface area contributed by atoms with Crippen molar-refractivity contribution in [2.75, 3.05) is 6.54 Å². The second-order valence-corrected chi connectivity index (χ2v) is 7.12. The maximum Gasteiger partial charge on any atom is 0.00967 e. The lowest BCUT2D eigenvalue weighted by Gasteiger charge is -2.40. The minimum Gasteiger partial charge on any atom is -0.312 e. The highest BCUT2D eigenvalue weighted by Crippen LogP contribution is 2.40. The molecular formula is C16H33N. The van der Waals surface area contributed by atoms with E-state index in [9.17, 15) is 0 Å². The van der Waals surface area contributed by atoms with E-state index >= 15 is 0 Å². The lowest BCUT2D eigenvalue weighted by atomic mass is 9.70. The van der Waals surface area contributed by atoms with Crippen molar-refractivity contribution in [3.63, 3.8) is 0 Å². The predicted octanol–water partition coefficient (Wildman–Crippen LogP) is 4.91. The number of nitrogens with one attached hydrogen (secondary N) is 1. The quantitative estimate of drug-likeness (QED) is 0.650. The standard InChI is InChI=1S/C16H33N/c1-5-6-8-11-16(12-9-7-10-13-16)14-17-15(2,3)4/h17H,5-14H2,1-4H3. The van der Waals surface area contributed by atoms with Crippen LogP contribution in [0.5, 0.6) is 0 Å². The van der Waals surface area contributed by atoms with Gasteiger partial charge in [0.05, 0.1) is 0 Å². The molecule has 0 aliphatic heterocycles. The van der Waals surface area contributed by atoms with Crippen LogP contribution < -0.4 is 5.32 Å². The van der Waals surface area contributed by atoms with Gasteiger partial charge in [-0.25, -0.2) is 0 Å². The fourth-order valence-corrected chi connectivity index (χ4v) is 3.02. The highest BCUT2D eigenvalue weighted by atomic mass is 15.0. The van der Waals surface area contributed by atoms with E-state index in [1.54, 1.807) is 0 Å². The summed E-state index contributed by atoms with van der Waals surface area (Å²) in [4.78, 5) is 0. The van der Waals surface area contributed by atoms with E-state index in [0.29, 0.717) is 5.41 Å². The molecule has 17 heavy (non-hydrogen) atoms. The molecule has 1 saturated carbocycles. The fourth-order valence-electron chi connectivity index (χ4n) is 3.02. The van der Waals surface area contributed by atoms with Gasteiger partial charge in [0.25, 0.3) is 0 Å². The summed E-state index contributed by atoms with van der Waals surface area (Å²) in [5.74, 6) is 0. The first-order valence-corrected chi connectivity index (χ1v) is 7.72. The Labute approximate surface area is 109 Å². The minimum atomic E-state index is 0.273. The van der Waals surface area contributed by atoms with E-state index in [4.69, 9.17) is 0 Å². The second kappa shape index (κ2) is 6.78. The first-order valence-electron chi connectivity index (χ1n) is 7.72. The lowest BCUT2D eigenvalue weighted by molar-refractivity contribution is 0.148. The molecule has 0 radical (unpaired) electrons. The summed E-state index contributed by atoms with van der Waals surface area (Å²) in [5, 5.41) is 3.76. The van der Waals surface area contributed by atoms with Crippen LogP contribution in [0.1, 0.15) is 85.5 Å². The Morgan fingerprint density at radius 1 is 1.00 bits per heavy atom. The molecule has 0 heterocycles. The van der Waals surface area contributed by atoms with E-state index in [1.165, 1.54) is 64.3 Å². The molecule has 1 N–H and O–H groups in total. The SMILES string of the molecule is CCCCCC1(CNC(C)(C)C)CCCCC1. The average molecular weight is 239 g/mol. The summed E-state index contributed by atoms with van der Waals surface area (Å²) in [7, 11) is 0. The van der Waals surface area contributed by atoms with Crippen LogP contribution in [-0.4, -0.2) is 12.1 Å². The molecule has 0 aromatic heterocycles. The Morgan fingerprint density at radius 2 is 1.65 bits per heavy atom. The highest BCUT2D eigenvalue weighted by Gasteiger charge is 2.32. The fraction of sp³-hybridized carbons (Fsp3) is 1.00. The van der Waals surface area contributed by atoms with Crippen LogP contribution in [0.15, 0.2) is 0 Å². The van der Waals surface area contributed by atoms with Crippen LogP contribution in [0.4, 0.5) is 0 Å². The highest BCUT2D eigenvalue weighted by molar-refractivity contribution is 4.87. The molecule has 1 fully saturated rings. The first kappa shape index (κ1) is 15.0. The number of hydrogen-bond donors (Lipinski definition) is 1. The summed E-state index contributed by atoms with van der Waals surface area (Å²) in [6.07, 6.45) is 12.9. The zero-order valence-corrected chi connectivity index (χ0v) is 12.6. The molecule has 0 atom stereocenters. The van der Waals surface area contributed by atoms with Gasteiger partial charge in [-0.3, -0.25) is 0 Å². The summed E-state index contributed by atoms with van der Waals surface area (Å²) < 4.78 is 0. The van der Waals surface area contributed by atoms with Gasteiger partial charge in [-0.05, 0) is 45.4 Å². The molecule has 0 bridgehead atoms. The molecule has 1 rings (SSSR count). The Balaban J connectivity index is 2.46. The molecule has 0 saturated heterocycles. The normalized spacial score (nSPS) is 20.5. The zero-order valence-electron chi connectivity index (χ0n) is 12.6. The topological polar surface area (TPSA) is 12.0 Å². The molecule has 0 aromatic rings. The van der Waals surface area contributed by atoms with Crippen molar-refractivity contribution in [3.8, 4) is 0 Å². The molecule has 0 aromatic carbocycles. The van der Waals surface area contributed by atoms with Crippen LogP contribution in [0.3, 0.4) is 0 Å². The van der Waals surface area contributed by atoms with Crippen LogP contribution >= 0.6 is 0 Å². The van der Waals surface area contributed by atoms with Crippen molar-refractivity contribution < 1.29 is 0 Å². The van der Waals surface area contributed by atoms with Gasteiger partial charge in [0.1, 0.15) is 0 Å². The van der Waals surface area contributed by atoms with Gasteiger partial charge in [-0.2, -0.15) is 0 Å². The molecule has 0 amide bonds.